The zero-order valence-electron chi connectivity index (χ0n) is 5.97. The second-order valence-electron chi connectivity index (χ2n) is 2.26. The molecule has 0 aliphatic rings. The Morgan fingerprint density at radius 3 is 2.73 bits per heavy atom. The van der Waals surface area contributed by atoms with Crippen LogP contribution in [0.4, 0.5) is 0 Å². The van der Waals surface area contributed by atoms with E-state index in [0.29, 0.717) is 10.6 Å². The normalized spacial score (nSPS) is 9.64. The summed E-state index contributed by atoms with van der Waals surface area (Å²) in [5, 5.41) is 9.56. The van der Waals surface area contributed by atoms with Crippen LogP contribution in [0.3, 0.4) is 0 Å². The molecule has 1 N–H and O–H groups in total. The van der Waals surface area contributed by atoms with Gasteiger partial charge in [-0.3, -0.25) is 4.79 Å². The molecule has 0 radical (unpaired) electrons. The van der Waals surface area contributed by atoms with E-state index < -0.39 is 5.43 Å². The molecule has 0 saturated carbocycles. The first kappa shape index (κ1) is 8.08. The van der Waals surface area contributed by atoms with Crippen LogP contribution < -0.4 is 5.43 Å². The second kappa shape index (κ2) is 2.93. The van der Waals surface area contributed by atoms with E-state index in [2.05, 4.69) is 0 Å². The molecule has 0 unspecified atom stereocenters. The molecular formula is C8H7ClO2. The molecule has 0 saturated heterocycles. The van der Waals surface area contributed by atoms with Crippen molar-refractivity contribution in [2.75, 3.05) is 0 Å². The Morgan fingerprint density at radius 2 is 2.09 bits per heavy atom. The summed E-state index contributed by atoms with van der Waals surface area (Å²) in [5.41, 5.74) is 0.0828. The van der Waals surface area contributed by atoms with Gasteiger partial charge in [0.1, 0.15) is 0 Å². The third-order valence-corrected chi connectivity index (χ3v) is 1.59. The van der Waals surface area contributed by atoms with Crippen LogP contribution in [0.15, 0.2) is 23.0 Å². The number of aryl methyl sites for hydroxylation is 1. The van der Waals surface area contributed by atoms with Gasteiger partial charge in [-0.1, -0.05) is 11.6 Å². The predicted molar refractivity (Wildman–Crippen MR) is 44.1 cm³/mol. The molecule has 0 aliphatic heterocycles. The fourth-order valence-electron chi connectivity index (χ4n) is 0.752. The maximum absolute atomic E-state index is 10.9. The molecule has 1 rings (SSSR count). The van der Waals surface area contributed by atoms with Crippen molar-refractivity contribution in [3.63, 3.8) is 0 Å². The van der Waals surface area contributed by atoms with Crippen LogP contribution >= 0.6 is 11.6 Å². The lowest BCUT2D eigenvalue weighted by Gasteiger charge is -1.87. The van der Waals surface area contributed by atoms with Crippen LogP contribution in [0.2, 0.25) is 5.02 Å². The Morgan fingerprint density at radius 1 is 1.45 bits per heavy atom. The summed E-state index contributed by atoms with van der Waals surface area (Å²) < 4.78 is 0. The van der Waals surface area contributed by atoms with Crippen molar-refractivity contribution >= 4 is 11.6 Å². The van der Waals surface area contributed by atoms with E-state index in [4.69, 9.17) is 16.7 Å². The highest BCUT2D eigenvalue weighted by molar-refractivity contribution is 6.30. The van der Waals surface area contributed by atoms with Crippen LogP contribution in [0, 0.1) is 6.92 Å². The number of halogens is 1. The van der Waals surface area contributed by atoms with Gasteiger partial charge >= 0.3 is 0 Å². The molecule has 0 heterocycles. The van der Waals surface area contributed by atoms with Crippen LogP contribution in [0.1, 0.15) is 5.56 Å². The highest BCUT2D eigenvalue weighted by atomic mass is 35.5. The van der Waals surface area contributed by atoms with Gasteiger partial charge in [-0.15, -0.1) is 0 Å². The molecule has 1 aromatic carbocycles. The first-order valence-corrected chi connectivity index (χ1v) is 3.48. The van der Waals surface area contributed by atoms with Crippen molar-refractivity contribution in [1.29, 1.82) is 0 Å². The average molecular weight is 171 g/mol. The number of hydrogen-bond acceptors (Lipinski definition) is 2. The summed E-state index contributed by atoms with van der Waals surface area (Å²) in [5.74, 6) is -0.239. The zero-order valence-corrected chi connectivity index (χ0v) is 6.72. The lowest BCUT2D eigenvalue weighted by Crippen LogP contribution is -1.93. The monoisotopic (exact) mass is 170 g/mol. The van der Waals surface area contributed by atoms with Crippen molar-refractivity contribution in [1.82, 2.24) is 0 Å². The van der Waals surface area contributed by atoms with E-state index in [1.165, 1.54) is 18.2 Å². The van der Waals surface area contributed by atoms with E-state index in [-0.39, 0.29) is 5.75 Å². The van der Waals surface area contributed by atoms with Crippen molar-refractivity contribution < 1.29 is 5.11 Å². The van der Waals surface area contributed by atoms with E-state index in [0.717, 1.165) is 0 Å². The number of aromatic hydroxyl groups is 1. The van der Waals surface area contributed by atoms with E-state index in [9.17, 15) is 4.79 Å². The molecule has 58 valence electrons. The summed E-state index contributed by atoms with van der Waals surface area (Å²) in [6.07, 6.45) is 0. The zero-order chi connectivity index (χ0) is 8.43. The highest BCUT2D eigenvalue weighted by Crippen LogP contribution is 2.13. The summed E-state index contributed by atoms with van der Waals surface area (Å²) in [7, 11) is 0. The first-order chi connectivity index (χ1) is 5.11. The standard InChI is InChI=1S/C8H7ClO2/c1-5-4-6(9)2-3-7(10)8(5)11/h2-4H,1H3,(H,10,11). The van der Waals surface area contributed by atoms with Gasteiger partial charge in [0.05, 0.1) is 0 Å². The van der Waals surface area contributed by atoms with Gasteiger partial charge < -0.3 is 5.11 Å². The lowest BCUT2D eigenvalue weighted by atomic mass is 10.3. The van der Waals surface area contributed by atoms with Crippen molar-refractivity contribution in [2.45, 2.75) is 6.92 Å². The minimum atomic E-state index is -0.408. The smallest absolute Gasteiger partial charge is 0.220 e. The largest absolute Gasteiger partial charge is 0.504 e. The quantitative estimate of drug-likeness (QED) is 0.644. The van der Waals surface area contributed by atoms with Crippen molar-refractivity contribution in [3.8, 4) is 5.75 Å². The third-order valence-electron chi connectivity index (χ3n) is 1.36. The maximum atomic E-state index is 10.9. The molecule has 0 aromatic heterocycles. The van der Waals surface area contributed by atoms with Crippen LogP contribution in [-0.2, 0) is 0 Å². The topological polar surface area (TPSA) is 37.3 Å². The number of rotatable bonds is 0. The molecule has 11 heavy (non-hydrogen) atoms. The Kier molecular flexibility index (Phi) is 2.15. The van der Waals surface area contributed by atoms with Gasteiger partial charge in [0, 0.05) is 5.02 Å². The Balaban J connectivity index is 3.56. The van der Waals surface area contributed by atoms with E-state index >= 15 is 0 Å². The minimum Gasteiger partial charge on any atom is -0.504 e. The fourth-order valence-corrected chi connectivity index (χ4v) is 0.979. The molecule has 0 amide bonds. The second-order valence-corrected chi connectivity index (χ2v) is 2.69. The van der Waals surface area contributed by atoms with Crippen molar-refractivity contribution in [3.05, 3.63) is 39.0 Å². The Hall–Kier alpha value is -1.02. The highest BCUT2D eigenvalue weighted by Gasteiger charge is 1.97. The summed E-state index contributed by atoms with van der Waals surface area (Å²) >= 11 is 5.62. The minimum absolute atomic E-state index is 0.239. The van der Waals surface area contributed by atoms with Crippen LogP contribution in [0.5, 0.6) is 5.75 Å². The molecule has 0 fully saturated rings. The molecular weight excluding hydrogens is 164 g/mol. The molecule has 0 aliphatic carbocycles. The SMILES string of the molecule is Cc1cc(Cl)ccc(=O)c1O. The van der Waals surface area contributed by atoms with Crippen LogP contribution in [0.25, 0.3) is 0 Å². The van der Waals surface area contributed by atoms with Gasteiger partial charge in [-0.2, -0.15) is 0 Å². The summed E-state index contributed by atoms with van der Waals surface area (Å²) in [4.78, 5) is 10.9. The average Bonchev–Trinajstić information content (AvgIpc) is 2.05. The van der Waals surface area contributed by atoms with Gasteiger partial charge in [0.25, 0.3) is 0 Å². The molecule has 2 nitrogen and oxygen atoms in total. The van der Waals surface area contributed by atoms with Gasteiger partial charge in [0.2, 0.25) is 5.43 Å². The molecule has 0 bridgehead atoms. The lowest BCUT2D eigenvalue weighted by molar-refractivity contribution is 0.467. The Bertz CT molecular complexity index is 333. The Labute approximate surface area is 69.1 Å². The van der Waals surface area contributed by atoms with E-state index in [1.54, 1.807) is 6.92 Å². The fraction of sp³-hybridized carbons (Fsp3) is 0.125. The molecule has 0 spiro atoms. The molecule has 0 atom stereocenters. The van der Waals surface area contributed by atoms with Crippen LogP contribution in [-0.4, -0.2) is 5.11 Å². The first-order valence-electron chi connectivity index (χ1n) is 3.10. The van der Waals surface area contributed by atoms with Crippen molar-refractivity contribution in [2.24, 2.45) is 0 Å². The van der Waals surface area contributed by atoms with E-state index in [1.807, 2.05) is 0 Å². The third kappa shape index (κ3) is 1.71. The van der Waals surface area contributed by atoms with Gasteiger partial charge in [0.15, 0.2) is 5.75 Å². The molecule has 3 heteroatoms. The number of hydrogen-bond donors (Lipinski definition) is 1. The van der Waals surface area contributed by atoms with Gasteiger partial charge in [-0.05, 0) is 30.7 Å². The predicted octanol–water partition coefficient (Wildman–Crippen LogP) is 1.71. The molecule has 1 aromatic rings. The summed E-state index contributed by atoms with van der Waals surface area (Å²) in [6, 6.07) is 4.24. The van der Waals surface area contributed by atoms with Gasteiger partial charge in [-0.25, -0.2) is 0 Å². The summed E-state index contributed by atoms with van der Waals surface area (Å²) in [6.45, 7) is 1.63. The maximum Gasteiger partial charge on any atom is 0.220 e.